The van der Waals surface area contributed by atoms with Gasteiger partial charge in [-0.05, 0) is 19.3 Å². The van der Waals surface area contributed by atoms with Crippen LogP contribution in [0, 0.1) is 0 Å². The number of carboxylic acid groups (broad SMARTS) is 1. The minimum atomic E-state index is -1.24. The summed E-state index contributed by atoms with van der Waals surface area (Å²) in [6.45, 7) is 1.91. The predicted octanol–water partition coefficient (Wildman–Crippen LogP) is 1.53. The number of hydrogen-bond donors (Lipinski definition) is 1. The maximum atomic E-state index is 10.1. The summed E-state index contributed by atoms with van der Waals surface area (Å²) in [4.78, 5) is 10.1. The first kappa shape index (κ1) is 16.1. The van der Waals surface area contributed by atoms with Gasteiger partial charge in [-0.3, -0.25) is 0 Å². The van der Waals surface area contributed by atoms with Gasteiger partial charge in [0, 0.05) is 20.8 Å². The van der Waals surface area contributed by atoms with Crippen LogP contribution in [0.25, 0.3) is 0 Å². The van der Waals surface area contributed by atoms with Crippen LogP contribution in [-0.4, -0.2) is 58.0 Å². The van der Waals surface area contributed by atoms with Gasteiger partial charge >= 0.3 is 6.16 Å². The standard InChI is InChI=1S/C11H22O6/c1-14-7-5-10(16-9-8-15-2)4-3-6-17-11(12)13/h10H,3-9H2,1-2H3,(H,12,13). The molecule has 6 nitrogen and oxygen atoms in total. The Morgan fingerprint density at radius 1 is 1.06 bits per heavy atom. The Kier molecular flexibility index (Phi) is 11.0. The fourth-order valence-electron chi connectivity index (χ4n) is 1.33. The van der Waals surface area contributed by atoms with E-state index in [2.05, 4.69) is 4.74 Å². The second-order valence-corrected chi connectivity index (χ2v) is 3.52. The van der Waals surface area contributed by atoms with Crippen LogP contribution in [-0.2, 0) is 18.9 Å². The van der Waals surface area contributed by atoms with E-state index in [4.69, 9.17) is 19.3 Å². The molecule has 0 aromatic rings. The van der Waals surface area contributed by atoms with Gasteiger partial charge in [-0.25, -0.2) is 4.79 Å². The van der Waals surface area contributed by atoms with Gasteiger partial charge in [0.1, 0.15) is 0 Å². The lowest BCUT2D eigenvalue weighted by molar-refractivity contribution is -0.00578. The van der Waals surface area contributed by atoms with E-state index in [0.717, 1.165) is 12.8 Å². The maximum Gasteiger partial charge on any atom is 0.505 e. The molecule has 0 aromatic heterocycles. The predicted molar refractivity (Wildman–Crippen MR) is 61.3 cm³/mol. The first-order valence-corrected chi connectivity index (χ1v) is 5.66. The second kappa shape index (κ2) is 11.6. The Morgan fingerprint density at radius 2 is 1.76 bits per heavy atom. The third-order valence-electron chi connectivity index (χ3n) is 2.18. The summed E-state index contributed by atoms with van der Waals surface area (Å²) in [6.07, 6.45) is 1.00. The molecule has 0 saturated heterocycles. The van der Waals surface area contributed by atoms with E-state index in [0.29, 0.717) is 26.2 Å². The molecule has 1 unspecified atom stereocenters. The molecule has 0 aliphatic rings. The smallest absolute Gasteiger partial charge is 0.450 e. The van der Waals surface area contributed by atoms with Crippen LogP contribution in [0.3, 0.4) is 0 Å². The van der Waals surface area contributed by atoms with Gasteiger partial charge in [-0.2, -0.15) is 0 Å². The van der Waals surface area contributed by atoms with Crippen molar-refractivity contribution >= 4 is 6.16 Å². The van der Waals surface area contributed by atoms with E-state index in [1.807, 2.05) is 0 Å². The van der Waals surface area contributed by atoms with E-state index in [-0.39, 0.29) is 12.7 Å². The number of hydrogen-bond acceptors (Lipinski definition) is 5. The molecule has 1 atom stereocenters. The van der Waals surface area contributed by atoms with Crippen molar-refractivity contribution in [1.29, 1.82) is 0 Å². The highest BCUT2D eigenvalue weighted by Crippen LogP contribution is 2.07. The first-order chi connectivity index (χ1) is 8.20. The Labute approximate surface area is 102 Å². The third kappa shape index (κ3) is 11.4. The zero-order valence-electron chi connectivity index (χ0n) is 10.5. The number of ether oxygens (including phenoxy) is 4. The van der Waals surface area contributed by atoms with Gasteiger partial charge < -0.3 is 24.1 Å². The third-order valence-corrected chi connectivity index (χ3v) is 2.18. The molecule has 17 heavy (non-hydrogen) atoms. The van der Waals surface area contributed by atoms with Gasteiger partial charge in [0.2, 0.25) is 0 Å². The highest BCUT2D eigenvalue weighted by Gasteiger charge is 2.09. The largest absolute Gasteiger partial charge is 0.505 e. The first-order valence-electron chi connectivity index (χ1n) is 5.66. The molecule has 0 rings (SSSR count). The van der Waals surface area contributed by atoms with Crippen molar-refractivity contribution in [2.45, 2.75) is 25.4 Å². The molecular formula is C11H22O6. The van der Waals surface area contributed by atoms with E-state index in [9.17, 15) is 4.79 Å². The van der Waals surface area contributed by atoms with Gasteiger partial charge in [0.15, 0.2) is 0 Å². The summed E-state index contributed by atoms with van der Waals surface area (Å²) in [5.74, 6) is 0. The van der Waals surface area contributed by atoms with Gasteiger partial charge in [0.25, 0.3) is 0 Å². The van der Waals surface area contributed by atoms with Crippen LogP contribution in [0.4, 0.5) is 4.79 Å². The monoisotopic (exact) mass is 250 g/mol. The van der Waals surface area contributed by atoms with Gasteiger partial charge in [-0.1, -0.05) is 0 Å². The van der Waals surface area contributed by atoms with Crippen molar-refractivity contribution in [2.24, 2.45) is 0 Å². The Bertz CT molecular complexity index is 185. The number of carbonyl (C=O) groups is 1. The molecule has 6 heteroatoms. The molecule has 0 aliphatic heterocycles. The molecule has 0 aromatic carbocycles. The normalized spacial score (nSPS) is 12.4. The molecular weight excluding hydrogens is 228 g/mol. The molecule has 0 amide bonds. The molecule has 0 bridgehead atoms. The maximum absolute atomic E-state index is 10.1. The van der Waals surface area contributed by atoms with Crippen LogP contribution in [0.5, 0.6) is 0 Å². The van der Waals surface area contributed by atoms with E-state index in [1.54, 1.807) is 14.2 Å². The SMILES string of the molecule is COCCOC(CCCOC(=O)O)CCOC. The minimum Gasteiger partial charge on any atom is -0.450 e. The van der Waals surface area contributed by atoms with Crippen molar-refractivity contribution < 1.29 is 28.8 Å². The summed E-state index contributed by atoms with van der Waals surface area (Å²) in [5.41, 5.74) is 0. The molecule has 0 saturated carbocycles. The Hall–Kier alpha value is -0.850. The molecule has 0 radical (unpaired) electrons. The lowest BCUT2D eigenvalue weighted by atomic mass is 10.1. The van der Waals surface area contributed by atoms with Crippen LogP contribution in [0.2, 0.25) is 0 Å². The summed E-state index contributed by atoms with van der Waals surface area (Å²) < 4.78 is 19.9. The van der Waals surface area contributed by atoms with E-state index < -0.39 is 6.16 Å². The van der Waals surface area contributed by atoms with E-state index in [1.165, 1.54) is 0 Å². The summed E-state index contributed by atoms with van der Waals surface area (Å²) >= 11 is 0. The summed E-state index contributed by atoms with van der Waals surface area (Å²) in [6, 6.07) is 0. The summed E-state index contributed by atoms with van der Waals surface area (Å²) in [5, 5.41) is 8.30. The highest BCUT2D eigenvalue weighted by atomic mass is 16.7. The van der Waals surface area contributed by atoms with Crippen LogP contribution in [0.1, 0.15) is 19.3 Å². The van der Waals surface area contributed by atoms with Crippen LogP contribution in [0.15, 0.2) is 0 Å². The molecule has 0 aliphatic carbocycles. The average Bonchev–Trinajstić information content (AvgIpc) is 2.30. The van der Waals surface area contributed by atoms with Crippen molar-refractivity contribution in [3.63, 3.8) is 0 Å². The van der Waals surface area contributed by atoms with Crippen molar-refractivity contribution in [3.05, 3.63) is 0 Å². The number of methoxy groups -OCH3 is 2. The lowest BCUT2D eigenvalue weighted by Gasteiger charge is -2.17. The molecule has 0 heterocycles. The summed E-state index contributed by atoms with van der Waals surface area (Å²) in [7, 11) is 3.26. The number of rotatable bonds is 11. The Balaban J connectivity index is 3.64. The molecule has 102 valence electrons. The van der Waals surface area contributed by atoms with Crippen LogP contribution < -0.4 is 0 Å². The minimum absolute atomic E-state index is 0.0579. The topological polar surface area (TPSA) is 74.2 Å². The molecule has 0 fully saturated rings. The zero-order valence-corrected chi connectivity index (χ0v) is 10.5. The molecule has 0 spiro atoms. The van der Waals surface area contributed by atoms with Crippen molar-refractivity contribution in [2.75, 3.05) is 40.6 Å². The van der Waals surface area contributed by atoms with Gasteiger partial charge in [0.05, 0.1) is 25.9 Å². The van der Waals surface area contributed by atoms with Crippen LogP contribution >= 0.6 is 0 Å². The molecule has 1 N–H and O–H groups in total. The fraction of sp³-hybridized carbons (Fsp3) is 0.909. The lowest BCUT2D eigenvalue weighted by Crippen LogP contribution is -2.19. The van der Waals surface area contributed by atoms with Gasteiger partial charge in [-0.15, -0.1) is 0 Å². The zero-order chi connectivity index (χ0) is 12.9. The van der Waals surface area contributed by atoms with E-state index >= 15 is 0 Å². The quantitative estimate of drug-likeness (QED) is 0.443. The highest BCUT2D eigenvalue weighted by molar-refractivity contribution is 5.56. The Morgan fingerprint density at radius 3 is 2.35 bits per heavy atom. The fourth-order valence-corrected chi connectivity index (χ4v) is 1.33. The second-order valence-electron chi connectivity index (χ2n) is 3.52. The average molecular weight is 250 g/mol. The van der Waals surface area contributed by atoms with Crippen molar-refractivity contribution in [3.8, 4) is 0 Å². The van der Waals surface area contributed by atoms with Crippen molar-refractivity contribution in [1.82, 2.24) is 0 Å².